The molecule has 1 atom stereocenters. The summed E-state index contributed by atoms with van der Waals surface area (Å²) in [6.07, 6.45) is 1.81. The smallest absolute Gasteiger partial charge is 0.271 e. The first-order valence-corrected chi connectivity index (χ1v) is 11.8. The standard InChI is InChI=1S/C25H30ClN5O3/c1-4-29(5-2)15-9-10-18(3)27-25(32)24-17-23(21-13-6-7-14-22(21)26)28-30(24)19-11-8-12-20(16-19)31(33)34/h6-8,11-14,16-18H,4-5,9-10,15H2,1-3H3,(H,27,32). The first kappa shape index (κ1) is 25.4. The Hall–Kier alpha value is -3.23. The van der Waals surface area contributed by atoms with E-state index >= 15 is 0 Å². The molecule has 1 amide bonds. The normalized spacial score (nSPS) is 12.0. The lowest BCUT2D eigenvalue weighted by molar-refractivity contribution is -0.384. The average Bonchev–Trinajstić information content (AvgIpc) is 3.28. The van der Waals surface area contributed by atoms with Gasteiger partial charge in [-0.3, -0.25) is 14.9 Å². The van der Waals surface area contributed by atoms with Crippen molar-refractivity contribution < 1.29 is 9.72 Å². The van der Waals surface area contributed by atoms with Gasteiger partial charge in [0, 0.05) is 23.7 Å². The number of nitro groups is 1. The van der Waals surface area contributed by atoms with Crippen molar-refractivity contribution in [3.8, 4) is 16.9 Å². The van der Waals surface area contributed by atoms with E-state index in [0.717, 1.165) is 32.5 Å². The number of nitro benzene ring substituents is 1. The van der Waals surface area contributed by atoms with Crippen LogP contribution in [-0.4, -0.2) is 51.2 Å². The molecule has 1 heterocycles. The number of carbonyl (C=O) groups is 1. The Labute approximate surface area is 204 Å². The Bertz CT molecular complexity index is 1140. The van der Waals surface area contributed by atoms with E-state index in [2.05, 4.69) is 29.2 Å². The monoisotopic (exact) mass is 483 g/mol. The van der Waals surface area contributed by atoms with Gasteiger partial charge in [0.05, 0.1) is 21.3 Å². The molecule has 0 aliphatic carbocycles. The number of non-ortho nitro benzene ring substituents is 1. The van der Waals surface area contributed by atoms with Crippen molar-refractivity contribution in [2.75, 3.05) is 19.6 Å². The van der Waals surface area contributed by atoms with Gasteiger partial charge in [-0.15, -0.1) is 0 Å². The Morgan fingerprint density at radius 2 is 1.91 bits per heavy atom. The van der Waals surface area contributed by atoms with Crippen LogP contribution in [0.25, 0.3) is 16.9 Å². The summed E-state index contributed by atoms with van der Waals surface area (Å²) in [5.41, 5.74) is 1.81. The van der Waals surface area contributed by atoms with E-state index in [1.807, 2.05) is 25.1 Å². The molecule has 9 heteroatoms. The minimum atomic E-state index is -0.473. The zero-order valence-corrected chi connectivity index (χ0v) is 20.5. The van der Waals surface area contributed by atoms with Gasteiger partial charge in [-0.25, -0.2) is 4.68 Å². The molecular weight excluding hydrogens is 454 g/mol. The number of aromatic nitrogens is 2. The maximum Gasteiger partial charge on any atom is 0.271 e. The first-order chi connectivity index (χ1) is 16.3. The van der Waals surface area contributed by atoms with Crippen molar-refractivity contribution in [3.63, 3.8) is 0 Å². The number of hydrogen-bond donors (Lipinski definition) is 1. The predicted octanol–water partition coefficient (Wildman–Crippen LogP) is 5.34. The van der Waals surface area contributed by atoms with Crippen LogP contribution in [0.2, 0.25) is 5.02 Å². The molecule has 1 N–H and O–H groups in total. The van der Waals surface area contributed by atoms with E-state index < -0.39 is 4.92 Å². The van der Waals surface area contributed by atoms with Crippen molar-refractivity contribution in [2.24, 2.45) is 0 Å². The van der Waals surface area contributed by atoms with Gasteiger partial charge in [0.2, 0.25) is 0 Å². The number of benzene rings is 2. The van der Waals surface area contributed by atoms with Crippen molar-refractivity contribution >= 4 is 23.2 Å². The quantitative estimate of drug-likeness (QED) is 0.293. The molecule has 0 radical (unpaired) electrons. The molecule has 0 aliphatic heterocycles. The highest BCUT2D eigenvalue weighted by molar-refractivity contribution is 6.33. The second kappa shape index (κ2) is 11.8. The van der Waals surface area contributed by atoms with Gasteiger partial charge in [0.25, 0.3) is 11.6 Å². The van der Waals surface area contributed by atoms with Crippen molar-refractivity contribution in [1.82, 2.24) is 20.0 Å². The van der Waals surface area contributed by atoms with Gasteiger partial charge in [-0.1, -0.05) is 49.7 Å². The summed E-state index contributed by atoms with van der Waals surface area (Å²) < 4.78 is 1.43. The van der Waals surface area contributed by atoms with E-state index in [9.17, 15) is 14.9 Å². The Morgan fingerprint density at radius 3 is 2.59 bits per heavy atom. The second-order valence-corrected chi connectivity index (χ2v) is 8.53. The molecule has 0 spiro atoms. The Balaban J connectivity index is 1.89. The number of carbonyl (C=O) groups excluding carboxylic acids is 1. The summed E-state index contributed by atoms with van der Waals surface area (Å²) in [5, 5.41) is 19.4. The summed E-state index contributed by atoms with van der Waals surface area (Å²) >= 11 is 6.36. The summed E-state index contributed by atoms with van der Waals surface area (Å²) in [6, 6.07) is 14.9. The van der Waals surface area contributed by atoms with Crippen LogP contribution in [0.15, 0.2) is 54.6 Å². The topological polar surface area (TPSA) is 93.3 Å². The molecule has 3 aromatic rings. The summed E-state index contributed by atoms with van der Waals surface area (Å²) in [7, 11) is 0. The third-order valence-electron chi connectivity index (χ3n) is 5.76. The molecule has 0 saturated heterocycles. The van der Waals surface area contributed by atoms with E-state index in [4.69, 9.17) is 11.6 Å². The van der Waals surface area contributed by atoms with Crippen LogP contribution in [0.4, 0.5) is 5.69 Å². The van der Waals surface area contributed by atoms with E-state index in [1.165, 1.54) is 16.8 Å². The van der Waals surface area contributed by atoms with Crippen LogP contribution in [0.5, 0.6) is 0 Å². The lowest BCUT2D eigenvalue weighted by Crippen LogP contribution is -2.34. The molecule has 8 nitrogen and oxygen atoms in total. The van der Waals surface area contributed by atoms with Gasteiger partial charge in [-0.05, 0) is 57.6 Å². The highest BCUT2D eigenvalue weighted by Crippen LogP contribution is 2.29. The van der Waals surface area contributed by atoms with Crippen LogP contribution in [0, 0.1) is 10.1 Å². The SMILES string of the molecule is CCN(CC)CCCC(C)NC(=O)c1cc(-c2ccccc2Cl)nn1-c1cccc([N+](=O)[O-])c1. The maximum atomic E-state index is 13.3. The van der Waals surface area contributed by atoms with Crippen molar-refractivity contribution in [3.05, 3.63) is 75.4 Å². The number of rotatable bonds is 11. The van der Waals surface area contributed by atoms with Crippen LogP contribution >= 0.6 is 11.6 Å². The third kappa shape index (κ3) is 6.21. The fraction of sp³-hybridized carbons (Fsp3) is 0.360. The van der Waals surface area contributed by atoms with Crippen LogP contribution in [-0.2, 0) is 0 Å². The summed E-state index contributed by atoms with van der Waals surface area (Å²) in [6.45, 7) is 9.24. The number of amides is 1. The highest BCUT2D eigenvalue weighted by Gasteiger charge is 2.21. The molecule has 1 unspecified atom stereocenters. The zero-order chi connectivity index (χ0) is 24.7. The first-order valence-electron chi connectivity index (χ1n) is 11.5. The zero-order valence-electron chi connectivity index (χ0n) is 19.7. The highest BCUT2D eigenvalue weighted by atomic mass is 35.5. The molecule has 0 fully saturated rings. The number of nitrogens with one attached hydrogen (secondary N) is 1. The second-order valence-electron chi connectivity index (χ2n) is 8.13. The minimum Gasteiger partial charge on any atom is -0.348 e. The molecule has 0 saturated carbocycles. The molecule has 0 bridgehead atoms. The van der Waals surface area contributed by atoms with Crippen LogP contribution in [0.3, 0.4) is 0 Å². The largest absolute Gasteiger partial charge is 0.348 e. The van der Waals surface area contributed by atoms with E-state index in [0.29, 0.717) is 22.0 Å². The van der Waals surface area contributed by atoms with Crippen LogP contribution in [0.1, 0.15) is 44.1 Å². The lowest BCUT2D eigenvalue weighted by Gasteiger charge is -2.20. The van der Waals surface area contributed by atoms with E-state index in [1.54, 1.807) is 24.3 Å². The average molecular weight is 484 g/mol. The molecule has 1 aromatic heterocycles. The molecule has 0 aliphatic rings. The fourth-order valence-corrected chi connectivity index (χ4v) is 4.04. The van der Waals surface area contributed by atoms with Crippen LogP contribution < -0.4 is 5.32 Å². The third-order valence-corrected chi connectivity index (χ3v) is 6.09. The number of hydrogen-bond acceptors (Lipinski definition) is 5. The lowest BCUT2D eigenvalue weighted by atomic mass is 10.1. The molecular formula is C25H30ClN5O3. The number of halogens is 1. The van der Waals surface area contributed by atoms with Gasteiger partial charge in [-0.2, -0.15) is 5.10 Å². The van der Waals surface area contributed by atoms with E-state index in [-0.39, 0.29) is 23.3 Å². The van der Waals surface area contributed by atoms with Gasteiger partial charge >= 0.3 is 0 Å². The molecule has 3 rings (SSSR count). The minimum absolute atomic E-state index is 0.0414. The van der Waals surface area contributed by atoms with Gasteiger partial charge < -0.3 is 10.2 Å². The fourth-order valence-electron chi connectivity index (χ4n) is 3.81. The molecule has 34 heavy (non-hydrogen) atoms. The maximum absolute atomic E-state index is 13.3. The number of nitrogens with zero attached hydrogens (tertiary/aromatic N) is 4. The Morgan fingerprint density at radius 1 is 1.18 bits per heavy atom. The van der Waals surface area contributed by atoms with Crippen molar-refractivity contribution in [2.45, 2.75) is 39.7 Å². The Kier molecular flexibility index (Phi) is 8.79. The van der Waals surface area contributed by atoms with Crippen molar-refractivity contribution in [1.29, 1.82) is 0 Å². The predicted molar refractivity (Wildman–Crippen MR) is 135 cm³/mol. The van der Waals surface area contributed by atoms with Gasteiger partial charge in [0.1, 0.15) is 5.69 Å². The van der Waals surface area contributed by atoms with Gasteiger partial charge in [0.15, 0.2) is 0 Å². The molecule has 180 valence electrons. The summed E-state index contributed by atoms with van der Waals surface area (Å²) in [4.78, 5) is 26.4. The molecule has 2 aromatic carbocycles. The summed E-state index contributed by atoms with van der Waals surface area (Å²) in [5.74, 6) is -0.298.